The number of hydrogen-bond donors (Lipinski definition) is 2. The van der Waals surface area contributed by atoms with Gasteiger partial charge in [0, 0.05) is 57.0 Å². The molecule has 0 fully saturated rings. The zero-order valence-corrected chi connectivity index (χ0v) is 26.2. The smallest absolute Gasteiger partial charge is 0.259 e. The summed E-state index contributed by atoms with van der Waals surface area (Å²) in [4.78, 5) is 42.0. The highest BCUT2D eigenvalue weighted by molar-refractivity contribution is 6.43. The fourth-order valence-electron chi connectivity index (χ4n) is 7.91. The molecule has 8 nitrogen and oxygen atoms in total. The van der Waals surface area contributed by atoms with E-state index in [9.17, 15) is 19.5 Å². The summed E-state index contributed by atoms with van der Waals surface area (Å²) in [5, 5.41) is 19.4. The highest BCUT2D eigenvalue weighted by atomic mass is 16.5. The number of anilines is 1. The Morgan fingerprint density at radius 2 is 1.29 bits per heavy atom. The van der Waals surface area contributed by atoms with Crippen molar-refractivity contribution in [2.75, 3.05) is 32.3 Å². The molecule has 3 amide bonds. The third-order valence-electron chi connectivity index (χ3n) is 10.1. The third-order valence-corrected chi connectivity index (χ3v) is 10.1. The second kappa shape index (κ2) is 11.2. The van der Waals surface area contributed by atoms with E-state index in [-0.39, 0.29) is 18.4 Å². The van der Waals surface area contributed by atoms with Gasteiger partial charge in [0.05, 0.1) is 31.0 Å². The third kappa shape index (κ3) is 4.18. The number of hydrogen-bond acceptors (Lipinski definition) is 6. The molecule has 2 heterocycles. The van der Waals surface area contributed by atoms with Gasteiger partial charge in [-0.2, -0.15) is 0 Å². The quantitative estimate of drug-likeness (QED) is 0.0884. The molecule has 0 aromatic heterocycles. The van der Waals surface area contributed by atoms with Crippen LogP contribution in [-0.2, 0) is 0 Å². The molecule has 1 atom stereocenters. The van der Waals surface area contributed by atoms with Crippen LogP contribution < -0.4 is 19.7 Å². The molecule has 0 spiro atoms. The minimum absolute atomic E-state index is 0.0254. The Morgan fingerprint density at radius 1 is 0.711 bits per heavy atom. The van der Waals surface area contributed by atoms with Gasteiger partial charge in [-0.15, -0.1) is 0 Å². The summed E-state index contributed by atoms with van der Waals surface area (Å²) in [6.45, 7) is 4.84. The van der Waals surface area contributed by atoms with Crippen molar-refractivity contribution in [2.45, 2.75) is 52.4 Å². The summed E-state index contributed by atoms with van der Waals surface area (Å²) in [6.07, 6.45) is 6.46. The van der Waals surface area contributed by atoms with E-state index in [4.69, 9.17) is 9.47 Å². The number of unbranched alkanes of at least 4 members (excludes halogenated alkanes) is 2. The van der Waals surface area contributed by atoms with Crippen molar-refractivity contribution in [1.29, 1.82) is 0 Å². The van der Waals surface area contributed by atoms with Crippen molar-refractivity contribution in [3.63, 3.8) is 0 Å². The molecule has 5 aromatic rings. The maximum Gasteiger partial charge on any atom is 0.259 e. The summed E-state index contributed by atoms with van der Waals surface area (Å²) in [5.41, 5.74) is 2.21. The second-order valence-electron chi connectivity index (χ2n) is 12.5. The molecule has 0 aliphatic carbocycles. The zero-order valence-electron chi connectivity index (χ0n) is 26.2. The van der Waals surface area contributed by atoms with Crippen molar-refractivity contribution in [1.82, 2.24) is 5.32 Å². The molecule has 0 bridgehead atoms. The second-order valence-corrected chi connectivity index (χ2v) is 12.5. The Kier molecular flexibility index (Phi) is 7.28. The Morgan fingerprint density at radius 3 is 1.89 bits per heavy atom. The van der Waals surface area contributed by atoms with Crippen LogP contribution in [0, 0.1) is 11.8 Å². The largest absolute Gasteiger partial charge is 0.496 e. The minimum atomic E-state index is -0.461. The fraction of sp³-hybridized carbons (Fsp3) is 0.378. The minimum Gasteiger partial charge on any atom is -0.496 e. The first-order chi connectivity index (χ1) is 21.9. The van der Waals surface area contributed by atoms with Crippen LogP contribution in [0.4, 0.5) is 5.69 Å². The van der Waals surface area contributed by atoms with Gasteiger partial charge in [-0.05, 0) is 41.0 Å². The van der Waals surface area contributed by atoms with Crippen molar-refractivity contribution in [3.8, 4) is 11.5 Å². The van der Waals surface area contributed by atoms with Crippen LogP contribution in [-0.4, -0.2) is 50.2 Å². The SMILES string of the molecule is CCCCC(CCCC)C(CO)CN1C(=O)c2cc(OC)c3c4ccc5c6c(cc(OC)c(c7ccc1c2c73)c64)C(=O)NC5=O. The monoisotopic (exact) mass is 606 g/mol. The maximum absolute atomic E-state index is 14.2. The number of rotatable bonds is 12. The molecule has 45 heavy (non-hydrogen) atoms. The van der Waals surface area contributed by atoms with Crippen LogP contribution in [0.25, 0.3) is 43.1 Å². The number of aliphatic hydroxyl groups is 1. The summed E-state index contributed by atoms with van der Waals surface area (Å²) in [7, 11) is 3.17. The first-order valence-electron chi connectivity index (χ1n) is 16.0. The van der Waals surface area contributed by atoms with Crippen molar-refractivity contribution in [2.24, 2.45) is 11.8 Å². The van der Waals surface area contributed by atoms with Crippen molar-refractivity contribution in [3.05, 3.63) is 53.1 Å². The number of ether oxygens (including phenoxy) is 2. The number of imide groups is 1. The van der Waals surface area contributed by atoms with Gasteiger partial charge in [0.1, 0.15) is 11.5 Å². The summed E-state index contributed by atoms with van der Waals surface area (Å²) >= 11 is 0. The molecule has 8 heteroatoms. The molecular weight excluding hydrogens is 568 g/mol. The lowest BCUT2D eigenvalue weighted by Gasteiger charge is -2.30. The lowest BCUT2D eigenvalue weighted by atomic mass is 9.83. The first kappa shape index (κ1) is 29.3. The van der Waals surface area contributed by atoms with Crippen LogP contribution in [0.2, 0.25) is 0 Å². The molecule has 5 aromatic carbocycles. The van der Waals surface area contributed by atoms with Crippen LogP contribution in [0.5, 0.6) is 11.5 Å². The number of nitrogens with one attached hydrogen (secondary N) is 1. The number of methoxy groups -OCH3 is 2. The predicted octanol–water partition coefficient (Wildman–Crippen LogP) is 7.20. The predicted molar refractivity (Wildman–Crippen MR) is 177 cm³/mol. The van der Waals surface area contributed by atoms with Gasteiger partial charge in [-0.25, -0.2) is 0 Å². The summed E-state index contributed by atoms with van der Waals surface area (Å²) in [6, 6.07) is 11.2. The fourth-order valence-corrected chi connectivity index (χ4v) is 7.91. The van der Waals surface area contributed by atoms with Gasteiger partial charge < -0.3 is 19.5 Å². The van der Waals surface area contributed by atoms with E-state index in [1.165, 1.54) is 0 Å². The molecule has 0 radical (unpaired) electrons. The molecule has 232 valence electrons. The number of carbonyl (C=O) groups excluding carboxylic acids is 3. The molecule has 2 aliphatic rings. The van der Waals surface area contributed by atoms with E-state index in [0.717, 1.165) is 81.9 Å². The van der Waals surface area contributed by atoms with Crippen LogP contribution >= 0.6 is 0 Å². The molecule has 1 unspecified atom stereocenters. The van der Waals surface area contributed by atoms with E-state index in [0.29, 0.717) is 46.0 Å². The van der Waals surface area contributed by atoms with E-state index in [2.05, 4.69) is 19.2 Å². The maximum atomic E-state index is 14.2. The lowest BCUT2D eigenvalue weighted by Crippen LogP contribution is -2.37. The van der Waals surface area contributed by atoms with Crippen LogP contribution in [0.1, 0.15) is 83.4 Å². The number of nitrogens with zero attached hydrogens (tertiary/aromatic N) is 1. The molecule has 7 rings (SSSR count). The number of fused-ring (bicyclic) bond motifs is 2. The Labute approximate surface area is 261 Å². The standard InChI is InChI=1S/C37H38N2O6/c1-5-7-9-19(10-8-6-2)20(18-40)17-39-26-14-13-22-31-27(44-3)15-24-29-23(35(41)38-36(24)42)12-11-21(33(29)31)32-28(45-4)16-25(37(39)43)30(26)34(22)32/h11-16,19-20,40H,5-10,17-18H2,1-4H3,(H,38,41,42). The highest BCUT2D eigenvalue weighted by Gasteiger charge is 2.37. The molecule has 2 aliphatic heterocycles. The average molecular weight is 607 g/mol. The summed E-state index contributed by atoms with van der Waals surface area (Å²) in [5.74, 6) is 0.369. The number of benzene rings is 5. The lowest BCUT2D eigenvalue weighted by molar-refractivity contribution is 0.0843. The molecular formula is C37H38N2O6. The van der Waals surface area contributed by atoms with E-state index in [1.54, 1.807) is 26.4 Å². The number of aliphatic hydroxyl groups excluding tert-OH is 1. The summed E-state index contributed by atoms with van der Waals surface area (Å²) < 4.78 is 11.9. The highest BCUT2D eigenvalue weighted by Crippen LogP contribution is 2.53. The zero-order chi connectivity index (χ0) is 31.6. The van der Waals surface area contributed by atoms with Gasteiger partial charge in [0.2, 0.25) is 0 Å². The topological polar surface area (TPSA) is 105 Å². The van der Waals surface area contributed by atoms with Crippen LogP contribution in [0.15, 0.2) is 36.4 Å². The Bertz CT molecular complexity index is 2020. The molecule has 2 N–H and O–H groups in total. The Balaban J connectivity index is 1.50. The van der Waals surface area contributed by atoms with E-state index in [1.807, 2.05) is 29.2 Å². The van der Waals surface area contributed by atoms with Gasteiger partial charge in [0.25, 0.3) is 17.7 Å². The van der Waals surface area contributed by atoms with Gasteiger partial charge >= 0.3 is 0 Å². The average Bonchev–Trinajstić information content (AvgIpc) is 3.32. The molecule has 0 saturated carbocycles. The van der Waals surface area contributed by atoms with Crippen molar-refractivity contribution >= 4 is 66.5 Å². The van der Waals surface area contributed by atoms with Crippen LogP contribution in [0.3, 0.4) is 0 Å². The first-order valence-corrected chi connectivity index (χ1v) is 16.0. The normalized spacial score (nSPS) is 15.0. The van der Waals surface area contributed by atoms with Gasteiger partial charge in [-0.1, -0.05) is 64.5 Å². The van der Waals surface area contributed by atoms with E-state index >= 15 is 0 Å². The number of carbonyl (C=O) groups is 3. The molecule has 0 saturated heterocycles. The van der Waals surface area contributed by atoms with Crippen molar-refractivity contribution < 1.29 is 29.0 Å². The van der Waals surface area contributed by atoms with Gasteiger partial charge in [-0.3, -0.25) is 19.7 Å². The van der Waals surface area contributed by atoms with E-state index < -0.39 is 11.8 Å². The Hall–Kier alpha value is -4.43. The number of amides is 3. The van der Waals surface area contributed by atoms with Gasteiger partial charge in [0.15, 0.2) is 0 Å².